The van der Waals surface area contributed by atoms with E-state index in [1.165, 1.54) is 0 Å². The van der Waals surface area contributed by atoms with Crippen LogP contribution in [0.15, 0.2) is 12.2 Å². The fourth-order valence-corrected chi connectivity index (χ4v) is 0.889. The molecule has 0 radical (unpaired) electrons. The molecule has 0 spiro atoms. The zero-order valence-electron chi connectivity index (χ0n) is 7.02. The Morgan fingerprint density at radius 1 is 1.64 bits per heavy atom. The molecule has 0 aliphatic heterocycles. The smallest absolute Gasteiger partial charge is 0.223 e. The summed E-state index contributed by atoms with van der Waals surface area (Å²) in [4.78, 5) is 11.0. The van der Waals surface area contributed by atoms with Gasteiger partial charge in [-0.1, -0.05) is 5.57 Å². The van der Waals surface area contributed by atoms with Gasteiger partial charge in [-0.05, 0) is 26.2 Å². The molecule has 1 amide bonds. The van der Waals surface area contributed by atoms with Crippen LogP contribution in [0.5, 0.6) is 0 Å². The average molecular weight is 153 g/mol. The van der Waals surface area contributed by atoms with E-state index >= 15 is 0 Å². The summed E-state index contributed by atoms with van der Waals surface area (Å²) in [6, 6.07) is 0. The second kappa shape index (κ2) is 3.56. The first-order valence-corrected chi connectivity index (χ1v) is 4.12. The molecule has 0 aromatic rings. The number of rotatable bonds is 4. The molecule has 0 aromatic carbocycles. The summed E-state index contributed by atoms with van der Waals surface area (Å²) in [6.45, 7) is 6.49. The molecular formula is C9H15NO. The molecule has 0 heterocycles. The third-order valence-electron chi connectivity index (χ3n) is 1.80. The highest BCUT2D eigenvalue weighted by molar-refractivity contribution is 5.80. The highest BCUT2D eigenvalue weighted by Gasteiger charge is 2.28. The van der Waals surface area contributed by atoms with E-state index in [-0.39, 0.29) is 5.91 Å². The van der Waals surface area contributed by atoms with Crippen molar-refractivity contribution < 1.29 is 4.79 Å². The van der Waals surface area contributed by atoms with Gasteiger partial charge < -0.3 is 5.32 Å². The standard InChI is InChI=1S/C9H15NO/c1-7(2)5-6-10-9(11)8-3-4-8/h8H,1,3-6H2,2H3,(H,10,11). The summed E-state index contributed by atoms with van der Waals surface area (Å²) < 4.78 is 0. The number of hydrogen-bond acceptors (Lipinski definition) is 1. The van der Waals surface area contributed by atoms with Gasteiger partial charge in [-0.15, -0.1) is 6.58 Å². The van der Waals surface area contributed by atoms with Crippen molar-refractivity contribution in [1.29, 1.82) is 0 Å². The average Bonchev–Trinajstić information content (AvgIpc) is 2.66. The molecule has 1 rings (SSSR count). The molecule has 0 unspecified atom stereocenters. The van der Waals surface area contributed by atoms with Crippen LogP contribution in [-0.4, -0.2) is 12.5 Å². The van der Waals surface area contributed by atoms with Crippen LogP contribution in [0.4, 0.5) is 0 Å². The largest absolute Gasteiger partial charge is 0.356 e. The van der Waals surface area contributed by atoms with Crippen LogP contribution in [0.3, 0.4) is 0 Å². The zero-order valence-corrected chi connectivity index (χ0v) is 7.02. The Kier molecular flexibility index (Phi) is 2.69. The molecule has 0 atom stereocenters. The third-order valence-corrected chi connectivity index (χ3v) is 1.80. The minimum atomic E-state index is 0.228. The molecule has 62 valence electrons. The lowest BCUT2D eigenvalue weighted by Gasteiger charge is -2.02. The minimum Gasteiger partial charge on any atom is -0.356 e. The van der Waals surface area contributed by atoms with E-state index in [2.05, 4.69) is 11.9 Å². The Balaban J connectivity index is 2.02. The zero-order chi connectivity index (χ0) is 8.27. The Morgan fingerprint density at radius 3 is 2.73 bits per heavy atom. The van der Waals surface area contributed by atoms with Gasteiger partial charge in [-0.2, -0.15) is 0 Å². The predicted octanol–water partition coefficient (Wildman–Crippen LogP) is 1.48. The van der Waals surface area contributed by atoms with E-state index in [4.69, 9.17) is 0 Å². The van der Waals surface area contributed by atoms with Crippen molar-refractivity contribution in [3.63, 3.8) is 0 Å². The van der Waals surface area contributed by atoms with Crippen LogP contribution < -0.4 is 5.32 Å². The molecule has 1 aliphatic rings. The number of hydrogen-bond donors (Lipinski definition) is 1. The van der Waals surface area contributed by atoms with Crippen molar-refractivity contribution >= 4 is 5.91 Å². The molecule has 11 heavy (non-hydrogen) atoms. The molecule has 2 nitrogen and oxygen atoms in total. The monoisotopic (exact) mass is 153 g/mol. The molecule has 0 bridgehead atoms. The van der Waals surface area contributed by atoms with Crippen LogP contribution >= 0.6 is 0 Å². The minimum absolute atomic E-state index is 0.228. The van der Waals surface area contributed by atoms with Crippen molar-refractivity contribution in [1.82, 2.24) is 5.32 Å². The quantitative estimate of drug-likeness (QED) is 0.609. The highest BCUT2D eigenvalue weighted by Crippen LogP contribution is 2.28. The topological polar surface area (TPSA) is 29.1 Å². The number of amides is 1. The molecular weight excluding hydrogens is 138 g/mol. The lowest BCUT2D eigenvalue weighted by Crippen LogP contribution is -2.25. The van der Waals surface area contributed by atoms with E-state index < -0.39 is 0 Å². The maximum Gasteiger partial charge on any atom is 0.223 e. The van der Waals surface area contributed by atoms with Crippen molar-refractivity contribution in [3.8, 4) is 0 Å². The molecule has 1 fully saturated rings. The van der Waals surface area contributed by atoms with Crippen LogP contribution in [0.1, 0.15) is 26.2 Å². The van der Waals surface area contributed by atoms with Crippen LogP contribution in [0.25, 0.3) is 0 Å². The molecule has 1 N–H and O–H groups in total. The molecule has 1 aliphatic carbocycles. The van der Waals surface area contributed by atoms with Gasteiger partial charge in [0.2, 0.25) is 5.91 Å². The maximum absolute atomic E-state index is 11.0. The fraction of sp³-hybridized carbons (Fsp3) is 0.667. The van der Waals surface area contributed by atoms with Crippen molar-refractivity contribution in [2.45, 2.75) is 26.2 Å². The van der Waals surface area contributed by atoms with E-state index in [0.29, 0.717) is 5.92 Å². The van der Waals surface area contributed by atoms with Gasteiger partial charge >= 0.3 is 0 Å². The van der Waals surface area contributed by atoms with Gasteiger partial charge in [0.1, 0.15) is 0 Å². The number of carbonyl (C=O) groups excluding carboxylic acids is 1. The van der Waals surface area contributed by atoms with E-state index in [9.17, 15) is 4.79 Å². The fourth-order valence-electron chi connectivity index (χ4n) is 0.889. The summed E-state index contributed by atoms with van der Waals surface area (Å²) in [5.74, 6) is 0.561. The van der Waals surface area contributed by atoms with Crippen molar-refractivity contribution in [2.24, 2.45) is 5.92 Å². The lowest BCUT2D eigenvalue weighted by molar-refractivity contribution is -0.122. The maximum atomic E-state index is 11.0. The Hall–Kier alpha value is -0.790. The van der Waals surface area contributed by atoms with Gasteiger partial charge in [0, 0.05) is 12.5 Å². The molecule has 2 heteroatoms. The second-order valence-corrected chi connectivity index (χ2v) is 3.27. The first-order valence-electron chi connectivity index (χ1n) is 4.12. The Labute approximate surface area is 67.7 Å². The summed E-state index contributed by atoms with van der Waals surface area (Å²) in [7, 11) is 0. The first kappa shape index (κ1) is 8.31. The lowest BCUT2D eigenvalue weighted by atomic mass is 10.2. The number of nitrogens with one attached hydrogen (secondary N) is 1. The summed E-state index contributed by atoms with van der Waals surface area (Å²) in [6.07, 6.45) is 3.07. The van der Waals surface area contributed by atoms with Gasteiger partial charge in [0.25, 0.3) is 0 Å². The van der Waals surface area contributed by atoms with Crippen LogP contribution in [0.2, 0.25) is 0 Å². The van der Waals surface area contributed by atoms with Gasteiger partial charge in [-0.25, -0.2) is 0 Å². The van der Waals surface area contributed by atoms with E-state index in [1.807, 2.05) is 6.92 Å². The summed E-state index contributed by atoms with van der Waals surface area (Å²) in [5.41, 5.74) is 1.13. The van der Waals surface area contributed by atoms with Gasteiger partial charge in [-0.3, -0.25) is 4.79 Å². The van der Waals surface area contributed by atoms with E-state index in [0.717, 1.165) is 31.4 Å². The van der Waals surface area contributed by atoms with Crippen LogP contribution in [0, 0.1) is 5.92 Å². The highest BCUT2D eigenvalue weighted by atomic mass is 16.2. The Bertz CT molecular complexity index is 170. The third kappa shape index (κ3) is 3.21. The normalized spacial score (nSPS) is 16.1. The van der Waals surface area contributed by atoms with Crippen LogP contribution in [-0.2, 0) is 4.79 Å². The second-order valence-electron chi connectivity index (χ2n) is 3.27. The van der Waals surface area contributed by atoms with Gasteiger partial charge in [0.15, 0.2) is 0 Å². The molecule has 1 saturated carbocycles. The van der Waals surface area contributed by atoms with Gasteiger partial charge in [0.05, 0.1) is 0 Å². The Morgan fingerprint density at radius 2 is 2.27 bits per heavy atom. The van der Waals surface area contributed by atoms with Crippen molar-refractivity contribution in [2.75, 3.05) is 6.54 Å². The molecule has 0 saturated heterocycles. The number of carbonyl (C=O) groups is 1. The van der Waals surface area contributed by atoms with E-state index in [1.54, 1.807) is 0 Å². The first-order chi connectivity index (χ1) is 5.20. The van der Waals surface area contributed by atoms with Crippen molar-refractivity contribution in [3.05, 3.63) is 12.2 Å². The predicted molar refractivity (Wildman–Crippen MR) is 45.2 cm³/mol. The summed E-state index contributed by atoms with van der Waals surface area (Å²) in [5, 5.41) is 2.88. The molecule has 0 aromatic heterocycles. The SMILES string of the molecule is C=C(C)CCNC(=O)C1CC1. The summed E-state index contributed by atoms with van der Waals surface area (Å²) >= 11 is 0.